The van der Waals surface area contributed by atoms with Crippen molar-refractivity contribution in [2.75, 3.05) is 40.6 Å². The molecular formula is C15H31NO4. The van der Waals surface area contributed by atoms with Gasteiger partial charge in [0.15, 0.2) is 5.79 Å². The second-order valence-electron chi connectivity index (χ2n) is 6.84. The van der Waals surface area contributed by atoms with E-state index in [4.69, 9.17) is 18.9 Å². The molecule has 120 valence electrons. The predicted molar refractivity (Wildman–Crippen MR) is 78.9 cm³/mol. The zero-order valence-electron chi connectivity index (χ0n) is 13.9. The first kappa shape index (κ1) is 17.9. The van der Waals surface area contributed by atoms with Gasteiger partial charge in [0.1, 0.15) is 0 Å². The van der Waals surface area contributed by atoms with Gasteiger partial charge in [-0.2, -0.15) is 0 Å². The number of hydrogen-bond acceptors (Lipinski definition) is 5. The molecule has 1 heterocycles. The van der Waals surface area contributed by atoms with E-state index in [1.807, 2.05) is 0 Å². The molecule has 0 saturated carbocycles. The van der Waals surface area contributed by atoms with Gasteiger partial charge in [0, 0.05) is 38.1 Å². The molecule has 0 bridgehead atoms. The molecule has 1 saturated heterocycles. The lowest BCUT2D eigenvalue weighted by Crippen LogP contribution is -2.65. The topological polar surface area (TPSA) is 49.0 Å². The molecule has 20 heavy (non-hydrogen) atoms. The minimum absolute atomic E-state index is 0.0398. The van der Waals surface area contributed by atoms with E-state index in [0.717, 1.165) is 12.8 Å². The molecule has 0 aromatic rings. The Morgan fingerprint density at radius 1 is 0.750 bits per heavy atom. The van der Waals surface area contributed by atoms with Crippen molar-refractivity contribution in [3.8, 4) is 0 Å². The lowest BCUT2D eigenvalue weighted by molar-refractivity contribution is -0.277. The summed E-state index contributed by atoms with van der Waals surface area (Å²) < 4.78 is 22.3. The molecule has 1 aliphatic heterocycles. The van der Waals surface area contributed by atoms with E-state index >= 15 is 0 Å². The van der Waals surface area contributed by atoms with Crippen molar-refractivity contribution in [2.24, 2.45) is 0 Å². The Labute approximate surface area is 123 Å². The average Bonchev–Trinajstić information content (AvgIpc) is 2.25. The van der Waals surface area contributed by atoms with Gasteiger partial charge >= 0.3 is 0 Å². The molecule has 1 aliphatic rings. The van der Waals surface area contributed by atoms with Gasteiger partial charge in [0.2, 0.25) is 0 Å². The third-order valence-electron chi connectivity index (χ3n) is 3.40. The molecule has 0 aromatic carbocycles. The van der Waals surface area contributed by atoms with Gasteiger partial charge in [-0.25, -0.2) is 0 Å². The van der Waals surface area contributed by atoms with Crippen molar-refractivity contribution in [1.82, 2.24) is 5.32 Å². The molecule has 0 atom stereocenters. The van der Waals surface area contributed by atoms with E-state index in [1.54, 1.807) is 14.2 Å². The number of methoxy groups -OCH3 is 2. The molecule has 0 aliphatic carbocycles. The van der Waals surface area contributed by atoms with Crippen LogP contribution >= 0.6 is 0 Å². The lowest BCUT2D eigenvalue weighted by atomic mass is 9.78. The van der Waals surface area contributed by atoms with Gasteiger partial charge in [0.05, 0.1) is 26.4 Å². The van der Waals surface area contributed by atoms with Crippen LogP contribution in [0.1, 0.15) is 40.5 Å². The van der Waals surface area contributed by atoms with Gasteiger partial charge in [-0.1, -0.05) is 0 Å². The monoisotopic (exact) mass is 289 g/mol. The summed E-state index contributed by atoms with van der Waals surface area (Å²) in [5.74, 6) is -0.574. The van der Waals surface area contributed by atoms with Crippen LogP contribution in [0, 0.1) is 0 Å². The second kappa shape index (κ2) is 7.18. The molecule has 0 spiro atoms. The summed E-state index contributed by atoms with van der Waals surface area (Å²) in [7, 11) is 3.36. The summed E-state index contributed by atoms with van der Waals surface area (Å²) in [5, 5.41) is 3.65. The van der Waals surface area contributed by atoms with Crippen molar-refractivity contribution in [3.05, 3.63) is 0 Å². The van der Waals surface area contributed by atoms with Crippen molar-refractivity contribution >= 4 is 0 Å². The first-order valence-electron chi connectivity index (χ1n) is 7.29. The SMILES string of the molecule is COCCOC1(OCCOC)CC(C)(C)NC(C)(C)C1. The van der Waals surface area contributed by atoms with Gasteiger partial charge < -0.3 is 24.3 Å². The van der Waals surface area contributed by atoms with Gasteiger partial charge in [-0.3, -0.25) is 0 Å². The van der Waals surface area contributed by atoms with Crippen LogP contribution in [0.3, 0.4) is 0 Å². The number of hydrogen-bond donors (Lipinski definition) is 1. The van der Waals surface area contributed by atoms with E-state index in [9.17, 15) is 0 Å². The second-order valence-corrected chi connectivity index (χ2v) is 6.84. The molecule has 0 radical (unpaired) electrons. The highest BCUT2D eigenvalue weighted by atomic mass is 16.7. The average molecular weight is 289 g/mol. The maximum Gasteiger partial charge on any atom is 0.171 e. The van der Waals surface area contributed by atoms with Crippen LogP contribution in [-0.4, -0.2) is 57.5 Å². The molecule has 0 amide bonds. The predicted octanol–water partition coefficient (Wildman–Crippen LogP) is 1.95. The number of ether oxygens (including phenoxy) is 4. The van der Waals surface area contributed by atoms with Crippen LogP contribution in [0.4, 0.5) is 0 Å². The Kier molecular flexibility index (Phi) is 6.41. The Balaban J connectivity index is 2.78. The van der Waals surface area contributed by atoms with E-state index in [2.05, 4.69) is 33.0 Å². The zero-order chi connectivity index (χ0) is 15.3. The number of rotatable bonds is 8. The van der Waals surface area contributed by atoms with Gasteiger partial charge in [0.25, 0.3) is 0 Å². The van der Waals surface area contributed by atoms with Gasteiger partial charge in [-0.05, 0) is 27.7 Å². The van der Waals surface area contributed by atoms with Gasteiger partial charge in [-0.15, -0.1) is 0 Å². The first-order chi connectivity index (χ1) is 9.24. The highest BCUT2D eigenvalue weighted by molar-refractivity contribution is 5.01. The third kappa shape index (κ3) is 5.66. The highest BCUT2D eigenvalue weighted by Gasteiger charge is 2.48. The largest absolute Gasteiger partial charge is 0.382 e. The minimum atomic E-state index is -0.574. The summed E-state index contributed by atoms with van der Waals surface area (Å²) >= 11 is 0. The van der Waals surface area contributed by atoms with Crippen molar-refractivity contribution in [2.45, 2.75) is 57.4 Å². The van der Waals surface area contributed by atoms with E-state index in [0.29, 0.717) is 26.4 Å². The number of nitrogens with one attached hydrogen (secondary N) is 1. The van der Waals surface area contributed by atoms with Crippen LogP contribution in [0.15, 0.2) is 0 Å². The van der Waals surface area contributed by atoms with Crippen LogP contribution < -0.4 is 5.32 Å². The number of piperidine rings is 1. The quantitative estimate of drug-likeness (QED) is 0.547. The van der Waals surface area contributed by atoms with Crippen LogP contribution in [0.25, 0.3) is 0 Å². The Hall–Kier alpha value is -0.200. The van der Waals surface area contributed by atoms with Crippen molar-refractivity contribution in [1.29, 1.82) is 0 Å². The maximum absolute atomic E-state index is 6.09. The summed E-state index contributed by atoms with van der Waals surface area (Å²) in [6.45, 7) is 11.0. The summed E-state index contributed by atoms with van der Waals surface area (Å²) in [6.07, 6.45) is 1.60. The lowest BCUT2D eigenvalue weighted by Gasteiger charge is -2.52. The fourth-order valence-electron chi connectivity index (χ4n) is 3.28. The normalized spacial score (nSPS) is 23.7. The molecule has 5 nitrogen and oxygen atoms in total. The molecule has 0 aromatic heterocycles. The van der Waals surface area contributed by atoms with E-state index in [1.165, 1.54) is 0 Å². The molecule has 5 heteroatoms. The Morgan fingerprint density at radius 2 is 1.15 bits per heavy atom. The van der Waals surface area contributed by atoms with Crippen LogP contribution in [0.5, 0.6) is 0 Å². The van der Waals surface area contributed by atoms with E-state index < -0.39 is 5.79 Å². The molecule has 1 fully saturated rings. The third-order valence-corrected chi connectivity index (χ3v) is 3.40. The van der Waals surface area contributed by atoms with E-state index in [-0.39, 0.29) is 11.1 Å². The minimum Gasteiger partial charge on any atom is -0.382 e. The summed E-state index contributed by atoms with van der Waals surface area (Å²) in [5.41, 5.74) is -0.0796. The van der Waals surface area contributed by atoms with Crippen molar-refractivity contribution < 1.29 is 18.9 Å². The molecule has 1 N–H and O–H groups in total. The van der Waals surface area contributed by atoms with Crippen LogP contribution in [-0.2, 0) is 18.9 Å². The fraction of sp³-hybridized carbons (Fsp3) is 1.00. The molecular weight excluding hydrogens is 258 g/mol. The summed E-state index contributed by atoms with van der Waals surface area (Å²) in [4.78, 5) is 0. The standard InChI is InChI=1S/C15H31NO4/c1-13(2)11-15(19-9-7-17-5,20-10-8-18-6)12-14(3,4)16-13/h16H,7-12H2,1-6H3. The Morgan fingerprint density at radius 3 is 1.50 bits per heavy atom. The smallest absolute Gasteiger partial charge is 0.171 e. The fourth-order valence-corrected chi connectivity index (χ4v) is 3.28. The first-order valence-corrected chi connectivity index (χ1v) is 7.29. The zero-order valence-corrected chi connectivity index (χ0v) is 13.9. The summed E-state index contributed by atoms with van der Waals surface area (Å²) in [6, 6.07) is 0. The van der Waals surface area contributed by atoms with Crippen LogP contribution in [0.2, 0.25) is 0 Å². The molecule has 0 unspecified atom stereocenters. The Bertz CT molecular complexity index is 264. The molecule has 1 rings (SSSR count). The maximum atomic E-state index is 6.09. The van der Waals surface area contributed by atoms with Crippen molar-refractivity contribution in [3.63, 3.8) is 0 Å². The highest BCUT2D eigenvalue weighted by Crippen LogP contribution is 2.39.